The summed E-state index contributed by atoms with van der Waals surface area (Å²) in [6.07, 6.45) is 1.31. The lowest BCUT2D eigenvalue weighted by Gasteiger charge is -2.09. The molecule has 0 bridgehead atoms. The fraction of sp³-hybridized carbons (Fsp3) is 0.333. The van der Waals surface area contributed by atoms with Crippen molar-refractivity contribution in [3.63, 3.8) is 0 Å². The number of ether oxygens (including phenoxy) is 1. The molecule has 21 heavy (non-hydrogen) atoms. The number of halogens is 2. The maximum atomic E-state index is 13.3. The maximum absolute atomic E-state index is 13.3. The summed E-state index contributed by atoms with van der Waals surface area (Å²) in [5.41, 5.74) is 1.78. The number of nitrogens with zero attached hydrogens (tertiary/aromatic N) is 2. The lowest BCUT2D eigenvalue weighted by atomic mass is 10.2. The van der Waals surface area contributed by atoms with Gasteiger partial charge in [0.25, 0.3) is 0 Å². The number of carbonyl (C=O) groups is 1. The molecule has 0 spiro atoms. The van der Waals surface area contributed by atoms with Gasteiger partial charge in [-0.15, -0.1) is 0 Å². The average molecular weight is 311 g/mol. The number of carbonyl (C=O) groups excluding carboxylic acids is 1. The van der Waals surface area contributed by atoms with Crippen molar-refractivity contribution in [1.29, 1.82) is 0 Å². The number of hydrogen-bond donors (Lipinski definition) is 0. The second-order valence-electron chi connectivity index (χ2n) is 4.50. The summed E-state index contributed by atoms with van der Waals surface area (Å²) in [6.45, 7) is 4.77. The van der Waals surface area contributed by atoms with Crippen LogP contribution < -0.4 is 4.74 Å². The van der Waals surface area contributed by atoms with Crippen LogP contribution in [-0.4, -0.2) is 16.1 Å². The summed E-state index contributed by atoms with van der Waals surface area (Å²) < 4.78 is 20.7. The molecule has 4 nitrogen and oxygen atoms in total. The van der Waals surface area contributed by atoms with Crippen molar-refractivity contribution in [1.82, 2.24) is 9.78 Å². The van der Waals surface area contributed by atoms with Crippen molar-refractivity contribution in [2.24, 2.45) is 0 Å². The van der Waals surface area contributed by atoms with Gasteiger partial charge >= 0.3 is 0 Å². The minimum Gasteiger partial charge on any atom is -0.487 e. The molecule has 0 aliphatic carbocycles. The van der Waals surface area contributed by atoms with Gasteiger partial charge in [-0.25, -0.2) is 4.39 Å². The first-order chi connectivity index (χ1) is 10.1. The van der Waals surface area contributed by atoms with E-state index in [1.807, 2.05) is 13.8 Å². The smallest absolute Gasteiger partial charge is 0.150 e. The molecule has 0 N–H and O–H groups in total. The van der Waals surface area contributed by atoms with E-state index >= 15 is 0 Å². The van der Waals surface area contributed by atoms with E-state index in [9.17, 15) is 9.18 Å². The summed E-state index contributed by atoms with van der Waals surface area (Å²) in [6, 6.07) is 3.87. The van der Waals surface area contributed by atoms with E-state index < -0.39 is 5.82 Å². The van der Waals surface area contributed by atoms with Crippen molar-refractivity contribution >= 4 is 17.9 Å². The number of rotatable bonds is 6. The molecule has 0 amide bonds. The zero-order valence-corrected chi connectivity index (χ0v) is 12.7. The first kappa shape index (κ1) is 15.5. The molecule has 0 atom stereocenters. The number of hydrogen-bond acceptors (Lipinski definition) is 3. The van der Waals surface area contributed by atoms with Gasteiger partial charge < -0.3 is 4.74 Å². The topological polar surface area (TPSA) is 44.1 Å². The van der Waals surface area contributed by atoms with Gasteiger partial charge in [0, 0.05) is 18.2 Å². The molecule has 0 saturated carbocycles. The highest BCUT2D eigenvalue weighted by Gasteiger charge is 2.15. The molecule has 0 aliphatic heterocycles. The Morgan fingerprint density at radius 1 is 1.38 bits per heavy atom. The molecule has 112 valence electrons. The Hall–Kier alpha value is -1.88. The molecule has 1 aromatic carbocycles. The third kappa shape index (κ3) is 3.42. The average Bonchev–Trinajstić information content (AvgIpc) is 2.80. The van der Waals surface area contributed by atoms with Crippen molar-refractivity contribution in [2.45, 2.75) is 33.4 Å². The molecule has 2 aromatic rings. The highest BCUT2D eigenvalue weighted by molar-refractivity contribution is 6.31. The van der Waals surface area contributed by atoms with E-state index in [0.29, 0.717) is 17.9 Å². The summed E-state index contributed by atoms with van der Waals surface area (Å²) in [7, 11) is 0. The molecule has 1 aromatic heterocycles. The van der Waals surface area contributed by atoms with Gasteiger partial charge in [0.1, 0.15) is 24.5 Å². The standard InChI is InChI=1S/C15H16ClFN2O2/c1-3-13-15(16)14(19(4-2)18-13)9-21-12-6-10(8-20)5-11(17)7-12/h5-8H,3-4,9H2,1-2H3. The Labute approximate surface area is 127 Å². The van der Waals surface area contributed by atoms with Crippen molar-refractivity contribution in [2.75, 3.05) is 0 Å². The van der Waals surface area contributed by atoms with E-state index in [1.165, 1.54) is 12.1 Å². The predicted octanol–water partition coefficient (Wildman–Crippen LogP) is 3.65. The van der Waals surface area contributed by atoms with Gasteiger partial charge in [-0.3, -0.25) is 9.48 Å². The molecular formula is C15H16ClFN2O2. The van der Waals surface area contributed by atoms with Gasteiger partial charge in [0.05, 0.1) is 16.4 Å². The van der Waals surface area contributed by atoms with Crippen LogP contribution in [-0.2, 0) is 19.6 Å². The molecule has 0 aliphatic rings. The summed E-state index contributed by atoms with van der Waals surface area (Å²) in [5, 5.41) is 4.96. The minimum absolute atomic E-state index is 0.168. The zero-order chi connectivity index (χ0) is 15.4. The maximum Gasteiger partial charge on any atom is 0.150 e. The first-order valence-electron chi connectivity index (χ1n) is 6.71. The fourth-order valence-electron chi connectivity index (χ4n) is 2.04. The fourth-order valence-corrected chi connectivity index (χ4v) is 2.37. The van der Waals surface area contributed by atoms with Crippen LogP contribution in [0.15, 0.2) is 18.2 Å². The van der Waals surface area contributed by atoms with E-state index in [4.69, 9.17) is 16.3 Å². The summed E-state index contributed by atoms with van der Waals surface area (Å²) in [5.74, 6) is -0.228. The third-order valence-electron chi connectivity index (χ3n) is 3.10. The molecule has 0 fully saturated rings. The molecule has 6 heteroatoms. The highest BCUT2D eigenvalue weighted by Crippen LogP contribution is 2.24. The van der Waals surface area contributed by atoms with Gasteiger partial charge in [-0.1, -0.05) is 18.5 Å². The first-order valence-corrected chi connectivity index (χ1v) is 7.09. The highest BCUT2D eigenvalue weighted by atomic mass is 35.5. The van der Waals surface area contributed by atoms with E-state index in [2.05, 4.69) is 5.10 Å². The quantitative estimate of drug-likeness (QED) is 0.765. The van der Waals surface area contributed by atoms with Gasteiger partial charge in [-0.2, -0.15) is 5.10 Å². The number of aromatic nitrogens is 2. The molecular weight excluding hydrogens is 295 g/mol. The largest absolute Gasteiger partial charge is 0.487 e. The number of aldehydes is 1. The zero-order valence-electron chi connectivity index (χ0n) is 11.9. The van der Waals surface area contributed by atoms with Crippen molar-refractivity contribution < 1.29 is 13.9 Å². The lowest BCUT2D eigenvalue weighted by Crippen LogP contribution is -2.07. The SMILES string of the molecule is CCc1nn(CC)c(COc2cc(F)cc(C=O)c2)c1Cl. The van der Waals surface area contributed by atoms with Crippen LogP contribution >= 0.6 is 11.6 Å². The van der Waals surface area contributed by atoms with Crippen LogP contribution in [0.2, 0.25) is 5.02 Å². The second-order valence-corrected chi connectivity index (χ2v) is 4.88. The van der Waals surface area contributed by atoms with Gasteiger partial charge in [-0.05, 0) is 25.5 Å². The minimum atomic E-state index is -0.515. The molecule has 0 radical (unpaired) electrons. The van der Waals surface area contributed by atoms with Crippen LogP contribution in [0.1, 0.15) is 35.6 Å². The van der Waals surface area contributed by atoms with Crippen LogP contribution in [0.4, 0.5) is 4.39 Å². The van der Waals surface area contributed by atoms with Crippen LogP contribution in [0.3, 0.4) is 0 Å². The summed E-state index contributed by atoms with van der Waals surface area (Å²) >= 11 is 6.27. The van der Waals surface area contributed by atoms with Crippen LogP contribution in [0.25, 0.3) is 0 Å². The number of aryl methyl sites for hydroxylation is 2. The molecule has 0 unspecified atom stereocenters. The summed E-state index contributed by atoms with van der Waals surface area (Å²) in [4.78, 5) is 10.7. The Morgan fingerprint density at radius 2 is 2.14 bits per heavy atom. The predicted molar refractivity (Wildman–Crippen MR) is 78.4 cm³/mol. The van der Waals surface area contributed by atoms with Crippen LogP contribution in [0, 0.1) is 5.82 Å². The van der Waals surface area contributed by atoms with E-state index in [1.54, 1.807) is 4.68 Å². The van der Waals surface area contributed by atoms with Crippen molar-refractivity contribution in [3.8, 4) is 5.75 Å². The third-order valence-corrected chi connectivity index (χ3v) is 3.54. The Balaban J connectivity index is 2.22. The monoisotopic (exact) mass is 310 g/mol. The molecule has 1 heterocycles. The van der Waals surface area contributed by atoms with E-state index in [0.717, 1.165) is 23.9 Å². The lowest BCUT2D eigenvalue weighted by molar-refractivity contribution is 0.112. The second kappa shape index (κ2) is 6.72. The molecule has 0 saturated heterocycles. The Morgan fingerprint density at radius 3 is 2.76 bits per heavy atom. The molecule has 2 rings (SSSR count). The Bertz CT molecular complexity index is 655. The van der Waals surface area contributed by atoms with Gasteiger partial charge in [0.15, 0.2) is 0 Å². The Kier molecular flexibility index (Phi) is 4.96. The van der Waals surface area contributed by atoms with Crippen molar-refractivity contribution in [3.05, 3.63) is 46.0 Å². The van der Waals surface area contributed by atoms with E-state index in [-0.39, 0.29) is 17.9 Å². The van der Waals surface area contributed by atoms with Crippen LogP contribution in [0.5, 0.6) is 5.75 Å². The van der Waals surface area contributed by atoms with Gasteiger partial charge in [0.2, 0.25) is 0 Å². The normalized spacial score (nSPS) is 10.7. The number of benzene rings is 1.